The second-order valence-corrected chi connectivity index (χ2v) is 5.69. The van der Waals surface area contributed by atoms with Gasteiger partial charge in [0.2, 0.25) is 0 Å². The van der Waals surface area contributed by atoms with Crippen molar-refractivity contribution in [2.45, 2.75) is 17.4 Å². The maximum atomic E-state index is 11.3. The zero-order chi connectivity index (χ0) is 14.5. The third-order valence-electron chi connectivity index (χ3n) is 2.84. The minimum absolute atomic E-state index is 0.176. The molecule has 0 saturated carbocycles. The Morgan fingerprint density at radius 3 is 2.70 bits per heavy atom. The van der Waals surface area contributed by atoms with Crippen LogP contribution in [0.15, 0.2) is 34.3 Å². The van der Waals surface area contributed by atoms with Crippen molar-refractivity contribution in [3.63, 3.8) is 0 Å². The average molecular weight is 297 g/mol. The number of carbonyl (C=O) groups is 1. The number of carboxylic acid groups (broad SMARTS) is 1. The zero-order valence-electron chi connectivity index (χ0n) is 10.9. The van der Waals surface area contributed by atoms with Gasteiger partial charge in [0.15, 0.2) is 16.7 Å². The number of rotatable bonds is 5. The monoisotopic (exact) mass is 297 g/mol. The number of oxime groups is 1. The number of hydrogen-bond acceptors (Lipinski definition) is 5. The van der Waals surface area contributed by atoms with Crippen molar-refractivity contribution >= 4 is 22.9 Å². The number of benzene rings is 1. The topological polar surface area (TPSA) is 91.2 Å². The molecule has 1 N–H and O–H groups in total. The Bertz CT molecular complexity index is 494. The highest BCUT2D eigenvalue weighted by molar-refractivity contribution is 7.90. The quantitative estimate of drug-likeness (QED) is 0.498. The SMILES string of the molecule is C[S+]([O-])c1ccc(/C(=N\O[C@@H]2CCOC2)C(=O)O)cc1. The molecule has 1 saturated heterocycles. The van der Waals surface area contributed by atoms with Crippen LogP contribution in [-0.4, -0.2) is 46.9 Å². The molecular weight excluding hydrogens is 282 g/mol. The Balaban J connectivity index is 2.14. The molecule has 1 fully saturated rings. The molecule has 1 unspecified atom stereocenters. The molecule has 1 aromatic rings. The Hall–Kier alpha value is -1.57. The van der Waals surface area contributed by atoms with Crippen molar-refractivity contribution in [1.29, 1.82) is 0 Å². The van der Waals surface area contributed by atoms with Crippen molar-refractivity contribution in [3.05, 3.63) is 29.8 Å². The normalized spacial score (nSPS) is 20.7. The standard InChI is InChI=1S/C13H15NO5S/c1-20(17)11-4-2-9(3-5-11)12(13(15)16)14-19-10-6-7-18-8-10/h2-5,10H,6-8H2,1H3,(H,15,16)/b14-12+/t10-,20?/m1/s1. The van der Waals surface area contributed by atoms with Gasteiger partial charge in [-0.2, -0.15) is 0 Å². The Kier molecular flexibility index (Phi) is 4.99. The maximum absolute atomic E-state index is 11.3. The molecule has 1 aromatic carbocycles. The Labute approximate surface area is 119 Å². The van der Waals surface area contributed by atoms with E-state index in [1.54, 1.807) is 30.5 Å². The summed E-state index contributed by atoms with van der Waals surface area (Å²) in [6.07, 6.45) is 2.06. The first-order chi connectivity index (χ1) is 9.58. The summed E-state index contributed by atoms with van der Waals surface area (Å²) in [5.41, 5.74) is 0.232. The van der Waals surface area contributed by atoms with E-state index in [0.29, 0.717) is 30.1 Å². The lowest BCUT2D eigenvalue weighted by molar-refractivity contribution is -0.129. The van der Waals surface area contributed by atoms with Crippen LogP contribution in [0.3, 0.4) is 0 Å². The predicted octanol–water partition coefficient (Wildman–Crippen LogP) is 1.02. The van der Waals surface area contributed by atoms with Crippen LogP contribution < -0.4 is 0 Å². The molecule has 2 rings (SSSR count). The van der Waals surface area contributed by atoms with Crippen LogP contribution in [0.5, 0.6) is 0 Å². The Morgan fingerprint density at radius 2 is 2.20 bits per heavy atom. The molecule has 108 valence electrons. The van der Waals surface area contributed by atoms with Gasteiger partial charge in [-0.15, -0.1) is 0 Å². The molecule has 0 aromatic heterocycles. The number of carboxylic acids is 1. The molecule has 6 nitrogen and oxygen atoms in total. The average Bonchev–Trinajstić information content (AvgIpc) is 2.92. The van der Waals surface area contributed by atoms with Crippen LogP contribution in [0.1, 0.15) is 12.0 Å². The number of nitrogens with zero attached hydrogens (tertiary/aromatic N) is 1. The molecule has 1 aliphatic heterocycles. The minimum Gasteiger partial charge on any atom is -0.612 e. The van der Waals surface area contributed by atoms with Crippen molar-refractivity contribution in [1.82, 2.24) is 0 Å². The van der Waals surface area contributed by atoms with Crippen LogP contribution in [0.25, 0.3) is 0 Å². The van der Waals surface area contributed by atoms with Gasteiger partial charge in [0.1, 0.15) is 6.26 Å². The van der Waals surface area contributed by atoms with Gasteiger partial charge in [0.05, 0.1) is 13.2 Å². The van der Waals surface area contributed by atoms with Crippen molar-refractivity contribution in [3.8, 4) is 0 Å². The lowest BCUT2D eigenvalue weighted by atomic mass is 10.1. The first kappa shape index (κ1) is 14.8. The molecule has 20 heavy (non-hydrogen) atoms. The highest BCUT2D eigenvalue weighted by Gasteiger charge is 2.19. The van der Waals surface area contributed by atoms with Gasteiger partial charge >= 0.3 is 5.97 Å². The van der Waals surface area contributed by atoms with Crippen LogP contribution in [0, 0.1) is 0 Å². The molecule has 0 spiro atoms. The van der Waals surface area contributed by atoms with Gasteiger partial charge in [0, 0.05) is 12.0 Å². The molecule has 0 radical (unpaired) electrons. The first-order valence-corrected chi connectivity index (χ1v) is 7.62. The van der Waals surface area contributed by atoms with E-state index >= 15 is 0 Å². The van der Waals surface area contributed by atoms with Gasteiger partial charge < -0.3 is 19.2 Å². The zero-order valence-corrected chi connectivity index (χ0v) is 11.8. The van der Waals surface area contributed by atoms with E-state index in [9.17, 15) is 14.5 Å². The summed E-state index contributed by atoms with van der Waals surface area (Å²) < 4.78 is 16.4. The third kappa shape index (κ3) is 3.72. The molecule has 0 amide bonds. The summed E-state index contributed by atoms with van der Waals surface area (Å²) in [5.74, 6) is -1.17. The molecule has 1 heterocycles. The second-order valence-electron chi connectivity index (χ2n) is 4.31. The van der Waals surface area contributed by atoms with Gasteiger partial charge in [-0.05, 0) is 35.4 Å². The molecule has 0 aliphatic carbocycles. The second kappa shape index (κ2) is 6.74. The molecule has 7 heteroatoms. The minimum atomic E-state index is -1.17. The highest BCUT2D eigenvalue weighted by atomic mass is 32.2. The Morgan fingerprint density at radius 1 is 1.50 bits per heavy atom. The van der Waals surface area contributed by atoms with Crippen molar-refractivity contribution < 1.29 is 24.0 Å². The smallest absolute Gasteiger partial charge is 0.358 e. The summed E-state index contributed by atoms with van der Waals surface area (Å²) >= 11 is -1.10. The van der Waals surface area contributed by atoms with Crippen LogP contribution >= 0.6 is 0 Å². The maximum Gasteiger partial charge on any atom is 0.358 e. The summed E-state index contributed by atoms with van der Waals surface area (Å²) in [4.78, 5) is 17.0. The van der Waals surface area contributed by atoms with Gasteiger partial charge in [0.25, 0.3) is 0 Å². The number of ether oxygens (including phenoxy) is 1. The summed E-state index contributed by atoms with van der Waals surface area (Å²) in [6.45, 7) is 1.02. The van der Waals surface area contributed by atoms with E-state index in [4.69, 9.17) is 9.57 Å². The highest BCUT2D eigenvalue weighted by Crippen LogP contribution is 2.13. The molecule has 1 aliphatic rings. The third-order valence-corrected chi connectivity index (χ3v) is 3.78. The van der Waals surface area contributed by atoms with E-state index in [2.05, 4.69) is 5.16 Å². The first-order valence-electron chi connectivity index (χ1n) is 6.06. The van der Waals surface area contributed by atoms with E-state index in [0.717, 1.165) is 0 Å². The van der Waals surface area contributed by atoms with E-state index in [1.165, 1.54) is 0 Å². The van der Waals surface area contributed by atoms with E-state index in [1.807, 2.05) is 0 Å². The molecule has 2 atom stereocenters. The fourth-order valence-electron chi connectivity index (χ4n) is 1.74. The fraction of sp³-hybridized carbons (Fsp3) is 0.385. The van der Waals surface area contributed by atoms with E-state index in [-0.39, 0.29) is 11.8 Å². The predicted molar refractivity (Wildman–Crippen MR) is 73.3 cm³/mol. The number of hydrogen-bond donors (Lipinski definition) is 1. The van der Waals surface area contributed by atoms with Gasteiger partial charge in [-0.1, -0.05) is 5.16 Å². The lowest BCUT2D eigenvalue weighted by Crippen LogP contribution is -2.18. The van der Waals surface area contributed by atoms with Gasteiger partial charge in [-0.3, -0.25) is 0 Å². The molecule has 0 bridgehead atoms. The van der Waals surface area contributed by atoms with Gasteiger partial charge in [-0.25, -0.2) is 4.79 Å². The van der Waals surface area contributed by atoms with E-state index < -0.39 is 17.1 Å². The van der Waals surface area contributed by atoms with Crippen molar-refractivity contribution in [2.75, 3.05) is 19.5 Å². The number of aliphatic carboxylic acids is 1. The fourth-order valence-corrected chi connectivity index (χ4v) is 2.26. The van der Waals surface area contributed by atoms with Crippen LogP contribution in [-0.2, 0) is 25.5 Å². The van der Waals surface area contributed by atoms with Crippen LogP contribution in [0.4, 0.5) is 0 Å². The summed E-state index contributed by atoms with van der Waals surface area (Å²) in [5, 5.41) is 12.9. The summed E-state index contributed by atoms with van der Waals surface area (Å²) in [6, 6.07) is 6.36. The summed E-state index contributed by atoms with van der Waals surface area (Å²) in [7, 11) is 0. The lowest BCUT2D eigenvalue weighted by Gasteiger charge is -2.08. The van der Waals surface area contributed by atoms with Crippen molar-refractivity contribution in [2.24, 2.45) is 5.16 Å². The molecular formula is C13H15NO5S. The largest absolute Gasteiger partial charge is 0.612 e. The van der Waals surface area contributed by atoms with Crippen LogP contribution in [0.2, 0.25) is 0 Å².